The quantitative estimate of drug-likeness (QED) is 0.532. The van der Waals surface area contributed by atoms with Gasteiger partial charge in [-0.1, -0.05) is 18.7 Å². The predicted molar refractivity (Wildman–Crippen MR) is 119 cm³/mol. The molecule has 2 aromatic heterocycles. The number of ether oxygens (including phenoxy) is 1. The smallest absolute Gasteiger partial charge is 0.230 e. The summed E-state index contributed by atoms with van der Waals surface area (Å²) in [7, 11) is 0. The molecule has 2 aromatic rings. The van der Waals surface area contributed by atoms with Gasteiger partial charge < -0.3 is 10.1 Å². The first-order chi connectivity index (χ1) is 14.1. The molecule has 1 saturated heterocycles. The maximum absolute atomic E-state index is 12.4. The number of amides is 1. The Hall–Kier alpha value is -1.22. The zero-order chi connectivity index (χ0) is 20.2. The normalized spacial score (nSPS) is 18.6. The van der Waals surface area contributed by atoms with Gasteiger partial charge in [0.05, 0.1) is 25.5 Å². The van der Waals surface area contributed by atoms with Gasteiger partial charge in [0.15, 0.2) is 0 Å². The van der Waals surface area contributed by atoms with E-state index < -0.39 is 0 Å². The zero-order valence-electron chi connectivity index (χ0n) is 17.3. The molecule has 0 bridgehead atoms. The van der Waals surface area contributed by atoms with Gasteiger partial charge in [0, 0.05) is 29.4 Å². The van der Waals surface area contributed by atoms with E-state index in [0.717, 1.165) is 67.8 Å². The number of carbonyl (C=O) groups is 1. The lowest BCUT2D eigenvalue weighted by Gasteiger charge is -2.25. The molecule has 0 spiro atoms. The summed E-state index contributed by atoms with van der Waals surface area (Å²) in [6.45, 7) is 8.25. The number of nitrogens with zero attached hydrogens (tertiary/aromatic N) is 3. The molecule has 6 nitrogen and oxygen atoms in total. The molecule has 1 atom stereocenters. The summed E-state index contributed by atoms with van der Waals surface area (Å²) in [5.41, 5.74) is 1.43. The molecule has 0 aromatic carbocycles. The van der Waals surface area contributed by atoms with E-state index in [1.54, 1.807) is 11.8 Å². The summed E-state index contributed by atoms with van der Waals surface area (Å²) in [4.78, 5) is 27.1. The molecule has 0 saturated carbocycles. The molecule has 1 N–H and O–H groups in total. The minimum atomic E-state index is 0.0786. The van der Waals surface area contributed by atoms with Crippen molar-refractivity contribution in [3.63, 3.8) is 0 Å². The first-order valence-corrected chi connectivity index (χ1v) is 12.5. The van der Waals surface area contributed by atoms with Crippen molar-refractivity contribution in [3.05, 3.63) is 16.3 Å². The fourth-order valence-electron chi connectivity index (χ4n) is 3.85. The van der Waals surface area contributed by atoms with E-state index in [9.17, 15) is 4.79 Å². The fraction of sp³-hybridized carbons (Fsp3) is 0.667. The van der Waals surface area contributed by atoms with E-state index in [1.165, 1.54) is 28.7 Å². The molecule has 158 valence electrons. The summed E-state index contributed by atoms with van der Waals surface area (Å²) >= 11 is 3.39. The Balaban J connectivity index is 1.60. The number of nitrogens with one attached hydrogen (secondary N) is 1. The Labute approximate surface area is 180 Å². The molecule has 1 aliphatic heterocycles. The Kier molecular flexibility index (Phi) is 7.05. The number of aromatic nitrogens is 2. The highest BCUT2D eigenvalue weighted by molar-refractivity contribution is 8.00. The number of fused-ring (bicyclic) bond motifs is 3. The van der Waals surface area contributed by atoms with Crippen LogP contribution in [0.2, 0.25) is 0 Å². The van der Waals surface area contributed by atoms with E-state index in [4.69, 9.17) is 14.7 Å². The Morgan fingerprint density at radius 3 is 2.86 bits per heavy atom. The molecule has 0 radical (unpaired) electrons. The number of morpholine rings is 1. The van der Waals surface area contributed by atoms with E-state index in [0.29, 0.717) is 5.75 Å². The van der Waals surface area contributed by atoms with Gasteiger partial charge in [-0.25, -0.2) is 9.97 Å². The van der Waals surface area contributed by atoms with Gasteiger partial charge in [-0.15, -0.1) is 11.3 Å². The number of thioether (sulfide) groups is 1. The number of hydrogen-bond acceptors (Lipinski definition) is 7. The van der Waals surface area contributed by atoms with Crippen molar-refractivity contribution in [1.29, 1.82) is 0 Å². The number of thiophene rings is 1. The van der Waals surface area contributed by atoms with E-state index in [2.05, 4.69) is 17.1 Å². The number of hydrogen-bond donors (Lipinski definition) is 1. The highest BCUT2D eigenvalue weighted by Gasteiger charge is 2.23. The third kappa shape index (κ3) is 5.10. The number of rotatable bonds is 7. The van der Waals surface area contributed by atoms with Crippen LogP contribution in [0.25, 0.3) is 10.2 Å². The van der Waals surface area contributed by atoms with Gasteiger partial charge in [0.2, 0.25) is 5.91 Å². The number of aryl methyl sites for hydroxylation is 2. The first-order valence-electron chi connectivity index (χ1n) is 10.7. The van der Waals surface area contributed by atoms with Gasteiger partial charge in [0.25, 0.3) is 0 Å². The monoisotopic (exact) mass is 434 g/mol. The minimum absolute atomic E-state index is 0.0786. The standard InChI is InChI=1S/C21H30N4O2S2/c1-3-14(2)22-18(26)13-28-20-19-15-6-4-5-7-16(15)29-21(19)24-17(23-20)12-25-8-10-27-11-9-25/h14H,3-13H2,1-2H3,(H,22,26)/t14-/m0/s1. The van der Waals surface area contributed by atoms with Gasteiger partial charge in [-0.2, -0.15) is 0 Å². The van der Waals surface area contributed by atoms with E-state index in [1.807, 2.05) is 18.3 Å². The van der Waals surface area contributed by atoms with E-state index >= 15 is 0 Å². The molecular formula is C21H30N4O2S2. The predicted octanol–water partition coefficient (Wildman–Crippen LogP) is 3.41. The van der Waals surface area contributed by atoms with Crippen molar-refractivity contribution in [2.24, 2.45) is 0 Å². The zero-order valence-corrected chi connectivity index (χ0v) is 19.0. The maximum Gasteiger partial charge on any atom is 0.230 e. The largest absolute Gasteiger partial charge is 0.379 e. The second kappa shape index (κ2) is 9.73. The lowest BCUT2D eigenvalue weighted by molar-refractivity contribution is -0.119. The summed E-state index contributed by atoms with van der Waals surface area (Å²) < 4.78 is 5.46. The summed E-state index contributed by atoms with van der Waals surface area (Å²) in [6.07, 6.45) is 5.68. The molecule has 29 heavy (non-hydrogen) atoms. The molecule has 0 unspecified atom stereocenters. The lowest BCUT2D eigenvalue weighted by Crippen LogP contribution is -2.36. The van der Waals surface area contributed by atoms with Crippen LogP contribution in [-0.4, -0.2) is 58.9 Å². The summed E-state index contributed by atoms with van der Waals surface area (Å²) in [6, 6.07) is 0.208. The minimum Gasteiger partial charge on any atom is -0.379 e. The third-order valence-corrected chi connectivity index (χ3v) is 7.82. The van der Waals surface area contributed by atoms with Crippen LogP contribution in [-0.2, 0) is 28.9 Å². The fourth-order valence-corrected chi connectivity index (χ4v) is 6.08. The molecule has 2 aliphatic rings. The Morgan fingerprint density at radius 1 is 1.28 bits per heavy atom. The Bertz CT molecular complexity index is 864. The van der Waals surface area contributed by atoms with Crippen LogP contribution in [0.3, 0.4) is 0 Å². The van der Waals surface area contributed by atoms with Crippen molar-refractivity contribution < 1.29 is 9.53 Å². The molecule has 1 fully saturated rings. The van der Waals surface area contributed by atoms with Crippen LogP contribution in [0.4, 0.5) is 0 Å². The van der Waals surface area contributed by atoms with Crippen molar-refractivity contribution in [1.82, 2.24) is 20.2 Å². The highest BCUT2D eigenvalue weighted by Crippen LogP contribution is 2.39. The Morgan fingerprint density at radius 2 is 2.07 bits per heavy atom. The highest BCUT2D eigenvalue weighted by atomic mass is 32.2. The summed E-state index contributed by atoms with van der Waals surface area (Å²) in [5.74, 6) is 1.34. The molecular weight excluding hydrogens is 404 g/mol. The van der Waals surface area contributed by atoms with Crippen LogP contribution in [0.1, 0.15) is 49.4 Å². The second-order valence-electron chi connectivity index (χ2n) is 7.89. The van der Waals surface area contributed by atoms with Crippen molar-refractivity contribution in [3.8, 4) is 0 Å². The summed E-state index contributed by atoms with van der Waals surface area (Å²) in [5, 5.41) is 5.25. The van der Waals surface area contributed by atoms with Crippen LogP contribution >= 0.6 is 23.1 Å². The van der Waals surface area contributed by atoms with Gasteiger partial charge in [-0.05, 0) is 44.6 Å². The molecule has 8 heteroatoms. The SMILES string of the molecule is CC[C@H](C)NC(=O)CSc1nc(CN2CCOCC2)nc2sc3c(c12)CCCC3. The first kappa shape index (κ1) is 21.0. The lowest BCUT2D eigenvalue weighted by atomic mass is 9.97. The third-order valence-electron chi connectivity index (χ3n) is 5.66. The van der Waals surface area contributed by atoms with Gasteiger partial charge in [-0.3, -0.25) is 9.69 Å². The molecule has 1 aliphatic carbocycles. The second-order valence-corrected chi connectivity index (χ2v) is 9.94. The maximum atomic E-state index is 12.4. The molecule has 4 rings (SSSR count). The van der Waals surface area contributed by atoms with Crippen LogP contribution in [0.15, 0.2) is 5.03 Å². The molecule has 3 heterocycles. The van der Waals surface area contributed by atoms with Crippen LogP contribution in [0.5, 0.6) is 0 Å². The van der Waals surface area contributed by atoms with Gasteiger partial charge in [0.1, 0.15) is 15.7 Å². The number of carbonyl (C=O) groups excluding carboxylic acids is 1. The van der Waals surface area contributed by atoms with Crippen molar-refractivity contribution in [2.75, 3.05) is 32.1 Å². The average Bonchev–Trinajstić information content (AvgIpc) is 3.11. The van der Waals surface area contributed by atoms with E-state index in [-0.39, 0.29) is 11.9 Å². The van der Waals surface area contributed by atoms with Crippen molar-refractivity contribution >= 4 is 39.2 Å². The van der Waals surface area contributed by atoms with Crippen LogP contribution < -0.4 is 5.32 Å². The van der Waals surface area contributed by atoms with Crippen molar-refractivity contribution in [2.45, 2.75) is 63.6 Å². The average molecular weight is 435 g/mol. The van der Waals surface area contributed by atoms with Crippen LogP contribution in [0, 0.1) is 0 Å². The topological polar surface area (TPSA) is 67.4 Å². The molecule has 1 amide bonds. The van der Waals surface area contributed by atoms with Gasteiger partial charge >= 0.3 is 0 Å².